The van der Waals surface area contributed by atoms with Crippen LogP contribution in [-0.2, 0) is 0 Å². The molecule has 2 aliphatic rings. The Labute approximate surface area is 124 Å². The normalized spacial score (nSPS) is 24.9. The minimum atomic E-state index is -0.156. The third-order valence-corrected chi connectivity index (χ3v) is 4.43. The van der Waals surface area contributed by atoms with Crippen molar-refractivity contribution >= 4 is 11.7 Å². The van der Waals surface area contributed by atoms with Gasteiger partial charge in [-0.1, -0.05) is 0 Å². The largest absolute Gasteiger partial charge is 0.335 e. The standard InChI is InChI=1S/C16H20N4O/c17-11-12-3-5-13(6-4-12)18-16(21)19-14-7-9-20-8-1-2-15(20)10-14/h3-6,14-15H,1-2,7-10H2,(H2,18,19,21)/t14-,15+/m1/s1. The summed E-state index contributed by atoms with van der Waals surface area (Å²) >= 11 is 0. The number of nitrogens with zero attached hydrogens (tertiary/aromatic N) is 2. The van der Waals surface area contributed by atoms with E-state index in [1.807, 2.05) is 0 Å². The van der Waals surface area contributed by atoms with Crippen molar-refractivity contribution in [3.05, 3.63) is 29.8 Å². The van der Waals surface area contributed by atoms with E-state index in [0.717, 1.165) is 19.4 Å². The van der Waals surface area contributed by atoms with Gasteiger partial charge < -0.3 is 15.5 Å². The highest BCUT2D eigenvalue weighted by atomic mass is 16.2. The van der Waals surface area contributed by atoms with Gasteiger partial charge in [0.1, 0.15) is 0 Å². The molecule has 0 saturated carbocycles. The van der Waals surface area contributed by atoms with E-state index in [1.165, 1.54) is 19.4 Å². The van der Waals surface area contributed by atoms with Crippen LogP contribution in [-0.4, -0.2) is 36.1 Å². The molecule has 2 atom stereocenters. The first-order valence-electron chi connectivity index (χ1n) is 7.56. The van der Waals surface area contributed by atoms with Crippen molar-refractivity contribution in [2.45, 2.75) is 37.8 Å². The lowest BCUT2D eigenvalue weighted by Gasteiger charge is -2.35. The Hall–Kier alpha value is -2.06. The molecule has 2 N–H and O–H groups in total. The van der Waals surface area contributed by atoms with Gasteiger partial charge in [0.2, 0.25) is 0 Å². The smallest absolute Gasteiger partial charge is 0.319 e. The molecule has 0 unspecified atom stereocenters. The summed E-state index contributed by atoms with van der Waals surface area (Å²) < 4.78 is 0. The number of carbonyl (C=O) groups is 1. The molecule has 110 valence electrons. The van der Waals surface area contributed by atoms with Gasteiger partial charge in [-0.05, 0) is 56.5 Å². The number of hydrogen-bond donors (Lipinski definition) is 2. The van der Waals surface area contributed by atoms with E-state index in [1.54, 1.807) is 24.3 Å². The summed E-state index contributed by atoms with van der Waals surface area (Å²) in [6.07, 6.45) is 4.63. The van der Waals surface area contributed by atoms with E-state index in [-0.39, 0.29) is 12.1 Å². The summed E-state index contributed by atoms with van der Waals surface area (Å²) in [4.78, 5) is 14.6. The highest BCUT2D eigenvalue weighted by molar-refractivity contribution is 5.89. The first kappa shape index (κ1) is 13.9. The number of amides is 2. The predicted octanol–water partition coefficient (Wildman–Crippen LogP) is 2.31. The molecule has 0 aliphatic carbocycles. The number of anilines is 1. The summed E-state index contributed by atoms with van der Waals surface area (Å²) in [7, 11) is 0. The molecule has 5 nitrogen and oxygen atoms in total. The monoisotopic (exact) mass is 284 g/mol. The molecule has 5 heteroatoms. The van der Waals surface area contributed by atoms with Gasteiger partial charge in [-0.3, -0.25) is 0 Å². The van der Waals surface area contributed by atoms with Gasteiger partial charge in [-0.15, -0.1) is 0 Å². The first-order valence-corrected chi connectivity index (χ1v) is 7.56. The van der Waals surface area contributed by atoms with E-state index >= 15 is 0 Å². The summed E-state index contributed by atoms with van der Waals surface area (Å²) in [5.74, 6) is 0. The Morgan fingerprint density at radius 2 is 2.05 bits per heavy atom. The molecular weight excluding hydrogens is 264 g/mol. The highest BCUT2D eigenvalue weighted by Gasteiger charge is 2.32. The molecule has 2 fully saturated rings. The maximum Gasteiger partial charge on any atom is 0.319 e. The van der Waals surface area contributed by atoms with Gasteiger partial charge in [0.15, 0.2) is 0 Å². The highest BCUT2D eigenvalue weighted by Crippen LogP contribution is 2.26. The van der Waals surface area contributed by atoms with Crippen LogP contribution in [0, 0.1) is 11.3 Å². The minimum absolute atomic E-state index is 0.156. The fourth-order valence-electron chi connectivity index (χ4n) is 3.34. The molecule has 3 rings (SSSR count). The molecule has 2 aliphatic heterocycles. The molecule has 2 amide bonds. The van der Waals surface area contributed by atoms with Crippen molar-refractivity contribution in [2.75, 3.05) is 18.4 Å². The number of fused-ring (bicyclic) bond motifs is 1. The zero-order valence-corrected chi connectivity index (χ0v) is 12.0. The van der Waals surface area contributed by atoms with Crippen molar-refractivity contribution in [2.24, 2.45) is 0 Å². The first-order chi connectivity index (χ1) is 10.2. The molecule has 1 aromatic rings. The average molecular weight is 284 g/mol. The number of urea groups is 1. The quantitative estimate of drug-likeness (QED) is 0.875. The lowest BCUT2D eigenvalue weighted by atomic mass is 9.98. The maximum absolute atomic E-state index is 12.0. The van der Waals surface area contributed by atoms with E-state index in [2.05, 4.69) is 21.6 Å². The lowest BCUT2D eigenvalue weighted by Crippen LogP contribution is -2.48. The Balaban J connectivity index is 1.50. The lowest BCUT2D eigenvalue weighted by molar-refractivity contribution is 0.168. The van der Waals surface area contributed by atoms with Gasteiger partial charge in [0, 0.05) is 24.3 Å². The topological polar surface area (TPSA) is 68.2 Å². The number of piperidine rings is 1. The van der Waals surface area contributed by atoms with Gasteiger partial charge >= 0.3 is 6.03 Å². The van der Waals surface area contributed by atoms with Crippen LogP contribution in [0.2, 0.25) is 0 Å². The Bertz CT molecular complexity index is 548. The Kier molecular flexibility index (Phi) is 4.07. The molecule has 0 radical (unpaired) electrons. The second-order valence-electron chi connectivity index (χ2n) is 5.84. The number of nitriles is 1. The fourth-order valence-corrected chi connectivity index (χ4v) is 3.34. The van der Waals surface area contributed by atoms with E-state index in [0.29, 0.717) is 17.3 Å². The van der Waals surface area contributed by atoms with E-state index < -0.39 is 0 Å². The summed E-state index contributed by atoms with van der Waals surface area (Å²) in [6.45, 7) is 2.31. The Morgan fingerprint density at radius 1 is 1.24 bits per heavy atom. The number of rotatable bonds is 2. The molecule has 0 bridgehead atoms. The van der Waals surface area contributed by atoms with Crippen molar-refractivity contribution < 1.29 is 4.79 Å². The molecule has 0 spiro atoms. The maximum atomic E-state index is 12.0. The molecule has 0 aromatic heterocycles. The fraction of sp³-hybridized carbons (Fsp3) is 0.500. The number of nitrogens with one attached hydrogen (secondary N) is 2. The van der Waals surface area contributed by atoms with Crippen molar-refractivity contribution in [1.29, 1.82) is 5.26 Å². The molecule has 1 aromatic carbocycles. The second-order valence-corrected chi connectivity index (χ2v) is 5.84. The molecule has 21 heavy (non-hydrogen) atoms. The van der Waals surface area contributed by atoms with Crippen LogP contribution in [0.3, 0.4) is 0 Å². The van der Waals surface area contributed by atoms with Crippen LogP contribution in [0.4, 0.5) is 10.5 Å². The van der Waals surface area contributed by atoms with Crippen LogP contribution >= 0.6 is 0 Å². The van der Waals surface area contributed by atoms with Crippen LogP contribution in [0.1, 0.15) is 31.2 Å². The number of carbonyl (C=O) groups excluding carboxylic acids is 1. The zero-order chi connectivity index (χ0) is 14.7. The van der Waals surface area contributed by atoms with E-state index in [4.69, 9.17) is 5.26 Å². The molecule has 2 heterocycles. The number of benzene rings is 1. The van der Waals surface area contributed by atoms with Crippen molar-refractivity contribution in [1.82, 2.24) is 10.2 Å². The van der Waals surface area contributed by atoms with Gasteiger partial charge in [0.05, 0.1) is 11.6 Å². The third-order valence-electron chi connectivity index (χ3n) is 4.43. The van der Waals surface area contributed by atoms with Crippen LogP contribution in [0.5, 0.6) is 0 Å². The van der Waals surface area contributed by atoms with E-state index in [9.17, 15) is 4.79 Å². The van der Waals surface area contributed by atoms with Gasteiger partial charge in [-0.25, -0.2) is 4.79 Å². The SMILES string of the molecule is N#Cc1ccc(NC(=O)N[C@@H]2CCN3CCC[C@H]3C2)cc1. The second kappa shape index (κ2) is 6.15. The van der Waals surface area contributed by atoms with Crippen LogP contribution in [0.25, 0.3) is 0 Å². The summed E-state index contributed by atoms with van der Waals surface area (Å²) in [5.41, 5.74) is 1.30. The number of hydrogen-bond acceptors (Lipinski definition) is 3. The van der Waals surface area contributed by atoms with Crippen LogP contribution in [0.15, 0.2) is 24.3 Å². The van der Waals surface area contributed by atoms with Crippen LogP contribution < -0.4 is 10.6 Å². The summed E-state index contributed by atoms with van der Waals surface area (Å²) in [5, 5.41) is 14.6. The minimum Gasteiger partial charge on any atom is -0.335 e. The summed E-state index contributed by atoms with van der Waals surface area (Å²) in [6, 6.07) is 9.72. The molecular formula is C16H20N4O. The third kappa shape index (κ3) is 3.34. The van der Waals surface area contributed by atoms with Crippen molar-refractivity contribution in [3.8, 4) is 6.07 Å². The molecule has 2 saturated heterocycles. The Morgan fingerprint density at radius 3 is 2.81 bits per heavy atom. The zero-order valence-electron chi connectivity index (χ0n) is 12.0. The van der Waals surface area contributed by atoms with Crippen molar-refractivity contribution in [3.63, 3.8) is 0 Å². The predicted molar refractivity (Wildman–Crippen MR) is 80.9 cm³/mol. The average Bonchev–Trinajstić information content (AvgIpc) is 2.95. The van der Waals surface area contributed by atoms with Gasteiger partial charge in [-0.2, -0.15) is 5.26 Å². The van der Waals surface area contributed by atoms with Gasteiger partial charge in [0.25, 0.3) is 0 Å².